The SMILES string of the molecule is CC(C)CNC(=O)NC(=O)CN1C(=O)C(=O)N(C)C1=O. The highest BCUT2D eigenvalue weighted by molar-refractivity contribution is 6.44. The molecule has 0 atom stereocenters. The van der Waals surface area contributed by atoms with Crippen LogP contribution in [0.15, 0.2) is 0 Å². The normalized spacial score (nSPS) is 15.1. The van der Waals surface area contributed by atoms with Crippen molar-refractivity contribution < 1.29 is 24.0 Å². The summed E-state index contributed by atoms with van der Waals surface area (Å²) >= 11 is 0. The first-order chi connectivity index (χ1) is 9.23. The van der Waals surface area contributed by atoms with Crippen LogP contribution >= 0.6 is 0 Å². The summed E-state index contributed by atoms with van der Waals surface area (Å²) in [6, 6.07) is -1.61. The smallest absolute Gasteiger partial charge is 0.334 e. The minimum atomic E-state index is -1.09. The van der Waals surface area contributed by atoms with E-state index >= 15 is 0 Å². The molecule has 9 nitrogen and oxygen atoms in total. The van der Waals surface area contributed by atoms with E-state index in [-0.39, 0.29) is 5.92 Å². The van der Waals surface area contributed by atoms with Gasteiger partial charge in [0.25, 0.3) is 0 Å². The Morgan fingerprint density at radius 2 is 1.75 bits per heavy atom. The van der Waals surface area contributed by atoms with Gasteiger partial charge in [-0.3, -0.25) is 24.6 Å². The van der Waals surface area contributed by atoms with E-state index in [9.17, 15) is 24.0 Å². The van der Waals surface area contributed by atoms with Crippen LogP contribution in [0.3, 0.4) is 0 Å². The van der Waals surface area contributed by atoms with E-state index in [1.54, 1.807) is 0 Å². The van der Waals surface area contributed by atoms with Crippen molar-refractivity contribution >= 4 is 29.8 Å². The van der Waals surface area contributed by atoms with Crippen molar-refractivity contribution in [3.63, 3.8) is 0 Å². The molecule has 9 heteroatoms. The first kappa shape index (κ1) is 15.6. The fraction of sp³-hybridized carbons (Fsp3) is 0.545. The highest BCUT2D eigenvalue weighted by Crippen LogP contribution is 2.08. The van der Waals surface area contributed by atoms with Crippen molar-refractivity contribution in [2.45, 2.75) is 13.8 Å². The first-order valence-electron chi connectivity index (χ1n) is 5.95. The van der Waals surface area contributed by atoms with Crippen LogP contribution < -0.4 is 10.6 Å². The molecule has 0 radical (unpaired) electrons. The Kier molecular flexibility index (Phi) is 4.78. The summed E-state index contributed by atoms with van der Waals surface area (Å²) in [7, 11) is 1.13. The lowest BCUT2D eigenvalue weighted by molar-refractivity contribution is -0.143. The number of likely N-dealkylation sites (N-methyl/N-ethyl adjacent to an activating group) is 1. The van der Waals surface area contributed by atoms with E-state index in [1.807, 2.05) is 19.2 Å². The maximum absolute atomic E-state index is 11.5. The Labute approximate surface area is 115 Å². The molecule has 0 aliphatic carbocycles. The molecule has 1 aliphatic rings. The molecule has 0 spiro atoms. The number of rotatable bonds is 4. The highest BCUT2D eigenvalue weighted by Gasteiger charge is 2.43. The number of imide groups is 3. The van der Waals surface area contributed by atoms with Crippen LogP contribution in [-0.2, 0) is 14.4 Å². The molecule has 0 saturated carbocycles. The van der Waals surface area contributed by atoms with E-state index in [0.29, 0.717) is 16.3 Å². The number of hydrogen-bond acceptors (Lipinski definition) is 5. The molecular weight excluding hydrogens is 268 g/mol. The minimum absolute atomic E-state index is 0.212. The molecule has 2 N–H and O–H groups in total. The second-order valence-corrected chi connectivity index (χ2v) is 4.69. The van der Waals surface area contributed by atoms with Gasteiger partial charge in [-0.2, -0.15) is 0 Å². The number of nitrogens with zero attached hydrogens (tertiary/aromatic N) is 2. The Bertz CT molecular complexity index is 473. The third-order valence-electron chi connectivity index (χ3n) is 2.48. The molecule has 1 saturated heterocycles. The first-order valence-corrected chi connectivity index (χ1v) is 5.95. The van der Waals surface area contributed by atoms with Crippen LogP contribution in [0.2, 0.25) is 0 Å². The summed E-state index contributed by atoms with van der Waals surface area (Å²) in [5.74, 6) is -2.73. The molecular formula is C11H16N4O5. The molecule has 20 heavy (non-hydrogen) atoms. The van der Waals surface area contributed by atoms with Gasteiger partial charge in [0.1, 0.15) is 6.54 Å². The summed E-state index contributed by atoms with van der Waals surface area (Å²) in [6.45, 7) is 3.46. The van der Waals surface area contributed by atoms with Crippen LogP contribution in [0.5, 0.6) is 0 Å². The standard InChI is InChI=1S/C11H16N4O5/c1-6(2)4-12-10(19)13-7(16)5-15-9(18)8(17)14(3)11(15)20/h6H,4-5H2,1-3H3,(H2,12,13,16,19). The third kappa shape index (κ3) is 3.53. The summed E-state index contributed by atoms with van der Waals surface area (Å²) in [5, 5.41) is 4.41. The summed E-state index contributed by atoms with van der Waals surface area (Å²) in [6.07, 6.45) is 0. The second kappa shape index (κ2) is 6.13. The van der Waals surface area contributed by atoms with Crippen LogP contribution in [-0.4, -0.2) is 59.7 Å². The predicted molar refractivity (Wildman–Crippen MR) is 66.3 cm³/mol. The van der Waals surface area contributed by atoms with Gasteiger partial charge in [-0.15, -0.1) is 0 Å². The Morgan fingerprint density at radius 3 is 2.20 bits per heavy atom. The van der Waals surface area contributed by atoms with Crippen LogP contribution in [0.1, 0.15) is 13.8 Å². The number of nitrogens with one attached hydrogen (secondary N) is 2. The van der Waals surface area contributed by atoms with Gasteiger partial charge in [-0.05, 0) is 5.92 Å². The quantitative estimate of drug-likeness (QED) is 0.501. The lowest BCUT2D eigenvalue weighted by Gasteiger charge is -2.13. The van der Waals surface area contributed by atoms with Gasteiger partial charge in [0.15, 0.2) is 0 Å². The zero-order valence-corrected chi connectivity index (χ0v) is 11.4. The fourth-order valence-corrected chi connectivity index (χ4v) is 1.40. The molecule has 0 aromatic rings. The highest BCUT2D eigenvalue weighted by atomic mass is 16.2. The van der Waals surface area contributed by atoms with Crippen molar-refractivity contribution in [2.75, 3.05) is 20.1 Å². The topological polar surface area (TPSA) is 116 Å². The largest absolute Gasteiger partial charge is 0.338 e. The number of hydrogen-bond donors (Lipinski definition) is 2. The molecule has 7 amide bonds. The fourth-order valence-electron chi connectivity index (χ4n) is 1.40. The predicted octanol–water partition coefficient (Wildman–Crippen LogP) is -1.11. The van der Waals surface area contributed by atoms with Gasteiger partial charge in [-0.1, -0.05) is 13.8 Å². The van der Waals surface area contributed by atoms with E-state index in [2.05, 4.69) is 5.32 Å². The second-order valence-electron chi connectivity index (χ2n) is 4.69. The maximum Gasteiger partial charge on any atom is 0.334 e. The van der Waals surface area contributed by atoms with Crippen molar-refractivity contribution in [1.82, 2.24) is 20.4 Å². The number of urea groups is 2. The Morgan fingerprint density at radius 1 is 1.15 bits per heavy atom. The molecule has 0 unspecified atom stereocenters. The lowest BCUT2D eigenvalue weighted by Crippen LogP contribution is -2.46. The Hall–Kier alpha value is -2.45. The number of carbonyl (C=O) groups is 5. The average molecular weight is 284 g/mol. The molecule has 0 aromatic heterocycles. The average Bonchev–Trinajstić information content (AvgIpc) is 2.54. The van der Waals surface area contributed by atoms with Crippen LogP contribution in [0.4, 0.5) is 9.59 Å². The maximum atomic E-state index is 11.5. The molecule has 1 heterocycles. The zero-order chi connectivity index (χ0) is 15.4. The number of amides is 7. The van der Waals surface area contributed by atoms with E-state index < -0.39 is 36.3 Å². The van der Waals surface area contributed by atoms with Crippen molar-refractivity contribution in [2.24, 2.45) is 5.92 Å². The number of carbonyl (C=O) groups excluding carboxylic acids is 5. The van der Waals surface area contributed by atoms with Crippen LogP contribution in [0, 0.1) is 5.92 Å². The molecule has 0 bridgehead atoms. The molecule has 110 valence electrons. The van der Waals surface area contributed by atoms with Gasteiger partial charge in [-0.25, -0.2) is 14.5 Å². The molecule has 0 aromatic carbocycles. The van der Waals surface area contributed by atoms with Crippen molar-refractivity contribution in [3.05, 3.63) is 0 Å². The monoisotopic (exact) mass is 284 g/mol. The lowest BCUT2D eigenvalue weighted by atomic mass is 10.2. The van der Waals surface area contributed by atoms with Gasteiger partial charge in [0.2, 0.25) is 5.91 Å². The van der Waals surface area contributed by atoms with E-state index in [0.717, 1.165) is 7.05 Å². The third-order valence-corrected chi connectivity index (χ3v) is 2.48. The van der Waals surface area contributed by atoms with Gasteiger partial charge < -0.3 is 5.32 Å². The van der Waals surface area contributed by atoms with Crippen molar-refractivity contribution in [1.29, 1.82) is 0 Å². The van der Waals surface area contributed by atoms with Gasteiger partial charge >= 0.3 is 23.9 Å². The zero-order valence-electron chi connectivity index (χ0n) is 11.4. The molecule has 1 fully saturated rings. The molecule has 1 rings (SSSR count). The Balaban J connectivity index is 2.51. The summed E-state index contributed by atoms with van der Waals surface area (Å²) in [5.41, 5.74) is 0. The van der Waals surface area contributed by atoms with Crippen molar-refractivity contribution in [3.8, 4) is 0 Å². The van der Waals surface area contributed by atoms with Crippen LogP contribution in [0.25, 0.3) is 0 Å². The summed E-state index contributed by atoms with van der Waals surface area (Å²) in [4.78, 5) is 58.0. The summed E-state index contributed by atoms with van der Waals surface area (Å²) < 4.78 is 0. The molecule has 1 aliphatic heterocycles. The van der Waals surface area contributed by atoms with E-state index in [4.69, 9.17) is 0 Å². The van der Waals surface area contributed by atoms with E-state index in [1.165, 1.54) is 0 Å². The van der Waals surface area contributed by atoms with Gasteiger partial charge in [0.05, 0.1) is 0 Å². The van der Waals surface area contributed by atoms with Gasteiger partial charge in [0, 0.05) is 13.6 Å². The minimum Gasteiger partial charge on any atom is -0.338 e.